The predicted molar refractivity (Wildman–Crippen MR) is 85.3 cm³/mol. The molecule has 0 spiro atoms. The highest BCUT2D eigenvalue weighted by atomic mass is 16.5. The first-order valence-corrected chi connectivity index (χ1v) is 7.83. The zero-order valence-corrected chi connectivity index (χ0v) is 13.9. The van der Waals surface area contributed by atoms with Gasteiger partial charge in [0.05, 0.1) is 5.56 Å². The van der Waals surface area contributed by atoms with Crippen LogP contribution in [0, 0.1) is 12.8 Å². The normalized spacial score (nSPS) is 23.0. The molecule has 1 saturated carbocycles. The molecule has 1 fully saturated rings. The fraction of sp³-hybridized carbons (Fsp3) is 0.750. The summed E-state index contributed by atoms with van der Waals surface area (Å²) in [4.78, 5) is 9.14. The van der Waals surface area contributed by atoms with Gasteiger partial charge in [-0.25, -0.2) is 10.8 Å². The minimum atomic E-state index is -0.140. The van der Waals surface area contributed by atoms with Crippen LogP contribution in [0.4, 0.5) is 5.82 Å². The average Bonchev–Trinajstić information content (AvgIpc) is 2.42. The van der Waals surface area contributed by atoms with Crippen molar-refractivity contribution in [2.45, 2.75) is 71.8 Å². The Bertz CT molecular complexity index is 488. The molecule has 0 unspecified atom stereocenters. The molecule has 21 heavy (non-hydrogen) atoms. The third-order valence-electron chi connectivity index (χ3n) is 4.15. The van der Waals surface area contributed by atoms with Crippen LogP contribution >= 0.6 is 0 Å². The Balaban J connectivity index is 2.25. The molecule has 0 saturated heterocycles. The molecule has 1 aromatic rings. The highest BCUT2D eigenvalue weighted by molar-refractivity contribution is 5.48. The monoisotopic (exact) mass is 292 g/mol. The van der Waals surface area contributed by atoms with Gasteiger partial charge in [0.1, 0.15) is 11.9 Å². The Kier molecular flexibility index (Phi) is 4.71. The maximum Gasteiger partial charge on any atom is 0.222 e. The van der Waals surface area contributed by atoms with E-state index < -0.39 is 0 Å². The zero-order valence-electron chi connectivity index (χ0n) is 13.9. The van der Waals surface area contributed by atoms with E-state index in [9.17, 15) is 0 Å². The molecule has 5 nitrogen and oxygen atoms in total. The van der Waals surface area contributed by atoms with E-state index >= 15 is 0 Å². The van der Waals surface area contributed by atoms with E-state index in [-0.39, 0.29) is 11.5 Å². The Morgan fingerprint density at radius 3 is 2.29 bits per heavy atom. The van der Waals surface area contributed by atoms with Crippen LogP contribution in [0.1, 0.15) is 64.8 Å². The Hall–Kier alpha value is -1.36. The smallest absolute Gasteiger partial charge is 0.222 e. The van der Waals surface area contributed by atoms with Crippen LogP contribution in [0.5, 0.6) is 5.88 Å². The summed E-state index contributed by atoms with van der Waals surface area (Å²) < 4.78 is 6.17. The lowest BCUT2D eigenvalue weighted by Gasteiger charge is -2.28. The maximum absolute atomic E-state index is 6.17. The molecule has 0 amide bonds. The molecule has 5 heteroatoms. The number of hydrazine groups is 1. The number of nitrogens with one attached hydrogen (secondary N) is 1. The minimum Gasteiger partial charge on any atom is -0.474 e. The van der Waals surface area contributed by atoms with Crippen molar-refractivity contribution in [3.8, 4) is 5.88 Å². The SMILES string of the molecule is Cc1c(NN)nc(C(C)(C)C)nc1OC1CCC(C)CC1. The van der Waals surface area contributed by atoms with Gasteiger partial charge in [0.2, 0.25) is 5.88 Å². The van der Waals surface area contributed by atoms with Crippen LogP contribution in [-0.4, -0.2) is 16.1 Å². The van der Waals surface area contributed by atoms with Gasteiger partial charge in [-0.15, -0.1) is 0 Å². The lowest BCUT2D eigenvalue weighted by Crippen LogP contribution is -2.26. The van der Waals surface area contributed by atoms with E-state index in [4.69, 9.17) is 10.6 Å². The number of hydrogen-bond donors (Lipinski definition) is 2. The molecule has 0 radical (unpaired) electrons. The van der Waals surface area contributed by atoms with Crippen molar-refractivity contribution in [1.29, 1.82) is 0 Å². The van der Waals surface area contributed by atoms with Crippen LogP contribution in [0.15, 0.2) is 0 Å². The Morgan fingerprint density at radius 2 is 1.76 bits per heavy atom. The van der Waals surface area contributed by atoms with Crippen molar-refractivity contribution in [2.75, 3.05) is 5.43 Å². The number of rotatable bonds is 3. The van der Waals surface area contributed by atoms with Gasteiger partial charge in [-0.3, -0.25) is 0 Å². The number of nitrogens with two attached hydrogens (primary N) is 1. The molecule has 0 aliphatic heterocycles. The van der Waals surface area contributed by atoms with E-state index in [1.165, 1.54) is 12.8 Å². The summed E-state index contributed by atoms with van der Waals surface area (Å²) in [6, 6.07) is 0. The van der Waals surface area contributed by atoms with E-state index in [2.05, 4.69) is 43.1 Å². The van der Waals surface area contributed by atoms with E-state index in [1.807, 2.05) is 6.92 Å². The molecule has 1 heterocycles. The van der Waals surface area contributed by atoms with E-state index in [1.54, 1.807) is 0 Å². The Labute approximate surface area is 127 Å². The van der Waals surface area contributed by atoms with E-state index in [0.717, 1.165) is 30.1 Å². The molecule has 1 aliphatic rings. The molecule has 1 aromatic heterocycles. The van der Waals surface area contributed by atoms with Crippen LogP contribution < -0.4 is 16.0 Å². The largest absolute Gasteiger partial charge is 0.474 e. The minimum absolute atomic E-state index is 0.140. The second-order valence-electron chi connectivity index (χ2n) is 7.22. The lowest BCUT2D eigenvalue weighted by molar-refractivity contribution is 0.128. The molecule has 0 aromatic carbocycles. The van der Waals surface area contributed by atoms with Gasteiger partial charge in [-0.1, -0.05) is 27.7 Å². The number of nitrogens with zero attached hydrogens (tertiary/aromatic N) is 2. The first-order valence-electron chi connectivity index (χ1n) is 7.83. The molecular formula is C16H28N4O. The van der Waals surface area contributed by atoms with Crippen molar-refractivity contribution >= 4 is 5.82 Å². The molecule has 118 valence electrons. The summed E-state index contributed by atoms with van der Waals surface area (Å²) in [6.45, 7) is 10.5. The van der Waals surface area contributed by atoms with Crippen molar-refractivity contribution in [1.82, 2.24) is 9.97 Å². The van der Waals surface area contributed by atoms with Gasteiger partial charge >= 0.3 is 0 Å². The summed E-state index contributed by atoms with van der Waals surface area (Å²) in [5, 5.41) is 0. The van der Waals surface area contributed by atoms with Crippen molar-refractivity contribution in [3.63, 3.8) is 0 Å². The zero-order chi connectivity index (χ0) is 15.6. The first-order chi connectivity index (χ1) is 9.81. The van der Waals surface area contributed by atoms with Gasteiger partial charge in [-0.05, 0) is 38.5 Å². The number of aromatic nitrogens is 2. The predicted octanol–water partition coefficient (Wildman–Crippen LogP) is 3.33. The molecule has 0 bridgehead atoms. The van der Waals surface area contributed by atoms with Crippen LogP contribution in [0.2, 0.25) is 0 Å². The highest BCUT2D eigenvalue weighted by Gasteiger charge is 2.25. The molecule has 1 aliphatic carbocycles. The van der Waals surface area contributed by atoms with Gasteiger partial charge < -0.3 is 10.2 Å². The summed E-state index contributed by atoms with van der Waals surface area (Å²) in [7, 11) is 0. The molecule has 3 N–H and O–H groups in total. The van der Waals surface area contributed by atoms with Crippen LogP contribution in [-0.2, 0) is 5.41 Å². The van der Waals surface area contributed by atoms with Crippen molar-refractivity contribution in [3.05, 3.63) is 11.4 Å². The maximum atomic E-state index is 6.17. The second-order valence-corrected chi connectivity index (χ2v) is 7.22. The van der Waals surface area contributed by atoms with Crippen LogP contribution in [0.25, 0.3) is 0 Å². The molecular weight excluding hydrogens is 264 g/mol. The number of hydrogen-bond acceptors (Lipinski definition) is 5. The standard InChI is InChI=1S/C16H28N4O/c1-10-6-8-12(9-7-10)21-14-11(2)13(20-17)18-15(19-14)16(3,4)5/h10,12H,6-9,17H2,1-5H3,(H,18,19,20). The summed E-state index contributed by atoms with van der Waals surface area (Å²) in [5.74, 6) is 8.46. The number of ether oxygens (including phenoxy) is 1. The van der Waals surface area contributed by atoms with Crippen LogP contribution in [0.3, 0.4) is 0 Å². The second kappa shape index (κ2) is 6.18. The topological polar surface area (TPSA) is 73.1 Å². The third-order valence-corrected chi connectivity index (χ3v) is 4.15. The number of anilines is 1. The molecule has 2 rings (SSSR count). The summed E-state index contributed by atoms with van der Waals surface area (Å²) in [5.41, 5.74) is 3.40. The quantitative estimate of drug-likeness (QED) is 0.660. The van der Waals surface area contributed by atoms with Crippen molar-refractivity contribution in [2.24, 2.45) is 11.8 Å². The van der Waals surface area contributed by atoms with E-state index in [0.29, 0.717) is 11.7 Å². The third kappa shape index (κ3) is 3.84. The van der Waals surface area contributed by atoms with Gasteiger partial charge in [0.15, 0.2) is 5.82 Å². The van der Waals surface area contributed by atoms with Gasteiger partial charge in [0.25, 0.3) is 0 Å². The lowest BCUT2D eigenvalue weighted by atomic mass is 9.89. The number of nitrogen functional groups attached to an aromatic ring is 1. The summed E-state index contributed by atoms with van der Waals surface area (Å²) in [6.07, 6.45) is 4.90. The Morgan fingerprint density at radius 1 is 1.14 bits per heavy atom. The first kappa shape index (κ1) is 16.0. The fourth-order valence-electron chi connectivity index (χ4n) is 2.59. The average molecular weight is 292 g/mol. The van der Waals surface area contributed by atoms with Gasteiger partial charge in [-0.2, -0.15) is 4.98 Å². The molecule has 0 atom stereocenters. The highest BCUT2D eigenvalue weighted by Crippen LogP contribution is 2.31. The fourth-order valence-corrected chi connectivity index (χ4v) is 2.59. The van der Waals surface area contributed by atoms with Crippen molar-refractivity contribution < 1.29 is 4.74 Å². The summed E-state index contributed by atoms with van der Waals surface area (Å²) >= 11 is 0. The van der Waals surface area contributed by atoms with Gasteiger partial charge in [0, 0.05) is 5.41 Å².